The van der Waals surface area contributed by atoms with Gasteiger partial charge >= 0.3 is 0 Å². The number of allylic oxidation sites excluding steroid dienone is 1. The number of carbonyl (C=O) groups excluding carboxylic acids is 1. The molecular formula is C48H61ClN6O3S3. The Kier molecular flexibility index (Phi) is 15.5. The smallest absolute Gasteiger partial charge is 0.261 e. The summed E-state index contributed by atoms with van der Waals surface area (Å²) in [5, 5.41) is 4.18. The molecule has 0 spiro atoms. The molecule has 9 nitrogen and oxygen atoms in total. The first-order chi connectivity index (χ1) is 29.3. The molecule has 0 aromatic heterocycles. The van der Waals surface area contributed by atoms with Gasteiger partial charge in [-0.15, -0.1) is 11.8 Å². The Hall–Kier alpha value is -3.49. The van der Waals surface area contributed by atoms with Gasteiger partial charge in [0.15, 0.2) is 0 Å². The van der Waals surface area contributed by atoms with E-state index in [0.29, 0.717) is 22.4 Å². The molecule has 2 fully saturated rings. The molecular weight excluding hydrogens is 840 g/mol. The number of hydrogen-bond acceptors (Lipinski definition) is 9. The maximum Gasteiger partial charge on any atom is 0.261 e. The van der Waals surface area contributed by atoms with E-state index in [4.69, 9.17) is 11.6 Å². The number of sulfonamides is 1. The van der Waals surface area contributed by atoms with Crippen LogP contribution in [-0.2, 0) is 10.0 Å². The van der Waals surface area contributed by atoms with E-state index >= 15 is 0 Å². The van der Waals surface area contributed by atoms with E-state index < -0.39 is 10.0 Å². The van der Waals surface area contributed by atoms with Crippen molar-refractivity contribution in [2.75, 3.05) is 86.7 Å². The Balaban J connectivity index is 0.946. The van der Waals surface area contributed by atoms with Crippen LogP contribution in [0.1, 0.15) is 61.0 Å². The van der Waals surface area contributed by atoms with Gasteiger partial charge < -0.3 is 15.1 Å². The molecule has 13 heteroatoms. The number of piperazine rings is 2. The van der Waals surface area contributed by atoms with Crippen LogP contribution in [0.5, 0.6) is 0 Å². The zero-order valence-corrected chi connectivity index (χ0v) is 39.2. The van der Waals surface area contributed by atoms with Gasteiger partial charge in [0, 0.05) is 97.3 Å². The van der Waals surface area contributed by atoms with E-state index in [0.717, 1.165) is 111 Å². The molecule has 2 saturated heterocycles. The van der Waals surface area contributed by atoms with E-state index in [1.165, 1.54) is 35.8 Å². The molecule has 61 heavy (non-hydrogen) atoms. The molecule has 7 rings (SSSR count). The minimum absolute atomic E-state index is 0.174. The lowest BCUT2D eigenvalue weighted by Crippen LogP contribution is -2.47. The average Bonchev–Trinajstić information content (AvgIpc) is 3.25. The quantitative estimate of drug-likeness (QED) is 0.0845. The second-order valence-electron chi connectivity index (χ2n) is 17.4. The first-order valence-corrected chi connectivity index (χ1v) is 25.6. The summed E-state index contributed by atoms with van der Waals surface area (Å²) in [6.07, 6.45) is 5.44. The number of thioether (sulfide) groups is 1. The number of halogens is 1. The summed E-state index contributed by atoms with van der Waals surface area (Å²) in [5.41, 5.74) is 7.89. The zero-order chi connectivity index (χ0) is 43.0. The number of hydrogen-bond donors (Lipinski definition) is 2. The average molecular weight is 902 g/mol. The van der Waals surface area contributed by atoms with Gasteiger partial charge in [-0.2, -0.15) is 0 Å². The van der Waals surface area contributed by atoms with Crippen molar-refractivity contribution < 1.29 is 13.2 Å². The van der Waals surface area contributed by atoms with E-state index in [1.807, 2.05) is 79.7 Å². The van der Waals surface area contributed by atoms with Crippen molar-refractivity contribution in [1.82, 2.24) is 19.8 Å². The number of benzene rings is 4. The fraction of sp³-hybridized carbons (Fsp3) is 0.438. The molecule has 0 unspecified atom stereocenters. The first kappa shape index (κ1) is 45.5. The molecule has 3 aliphatic rings. The normalized spacial score (nSPS) is 18.2. The zero-order valence-electron chi connectivity index (χ0n) is 36.0. The minimum atomic E-state index is -3.61. The summed E-state index contributed by atoms with van der Waals surface area (Å²) in [4.78, 5) is 22.7. The maximum atomic E-state index is 13.6. The van der Waals surface area contributed by atoms with Crippen molar-refractivity contribution >= 4 is 68.2 Å². The van der Waals surface area contributed by atoms with Crippen LogP contribution in [0.2, 0.25) is 5.02 Å². The Morgan fingerprint density at radius 3 is 2.26 bits per heavy atom. The Morgan fingerprint density at radius 1 is 0.885 bits per heavy atom. The highest BCUT2D eigenvalue weighted by atomic mass is 35.5. The van der Waals surface area contributed by atoms with Crippen molar-refractivity contribution in [3.05, 3.63) is 124 Å². The van der Waals surface area contributed by atoms with Crippen LogP contribution in [0.4, 0.5) is 11.4 Å². The van der Waals surface area contributed by atoms with Gasteiger partial charge in [0.25, 0.3) is 5.91 Å². The summed E-state index contributed by atoms with van der Waals surface area (Å²) < 4.78 is 31.8. The predicted molar refractivity (Wildman–Crippen MR) is 258 cm³/mol. The second-order valence-corrected chi connectivity index (χ2v) is 21.7. The number of anilines is 2. The molecule has 4 aromatic rings. The highest BCUT2D eigenvalue weighted by molar-refractivity contribution is 7.99. The lowest BCUT2D eigenvalue weighted by atomic mass is 9.73. The highest BCUT2D eigenvalue weighted by Gasteiger charge is 2.31. The molecule has 0 bridgehead atoms. The van der Waals surface area contributed by atoms with Crippen LogP contribution in [0.3, 0.4) is 0 Å². The monoisotopic (exact) mass is 900 g/mol. The van der Waals surface area contributed by atoms with E-state index in [9.17, 15) is 13.2 Å². The topological polar surface area (TPSA) is 88.2 Å². The van der Waals surface area contributed by atoms with Crippen molar-refractivity contribution in [2.45, 2.75) is 62.3 Å². The van der Waals surface area contributed by atoms with E-state index in [2.05, 4.69) is 62.9 Å². The highest BCUT2D eigenvalue weighted by Crippen LogP contribution is 2.43. The standard InChI is InChI=1S/C48H61ClN6O3S3/c1-36-32-44(18-19-46(36)55(61(4,57)58)42(21-25-52-26-23-50-24-27-52)35-59-43-8-6-5-7-9-43)60-51-47(56)38-12-16-41(17-13-38)54-30-28-53(29-31-54)34-39-33-48(2,3)22-20-45(39)37-10-14-40(49)15-11-37/h5-19,32,42,50H,20-31,33-35H2,1-4H3,(H,51,56)/t42-/m1/s1. The Labute approximate surface area is 377 Å². The van der Waals surface area contributed by atoms with Crippen molar-refractivity contribution in [1.29, 1.82) is 0 Å². The van der Waals surface area contributed by atoms with Crippen LogP contribution in [0, 0.1) is 12.3 Å². The second kappa shape index (κ2) is 20.8. The van der Waals surface area contributed by atoms with Crippen LogP contribution in [-0.4, -0.2) is 108 Å². The molecule has 0 radical (unpaired) electrons. The fourth-order valence-corrected chi connectivity index (χ4v) is 12.1. The number of amides is 1. The van der Waals surface area contributed by atoms with Crippen LogP contribution < -0.4 is 19.2 Å². The molecule has 2 aliphatic heterocycles. The number of nitrogens with one attached hydrogen (secondary N) is 2. The molecule has 1 amide bonds. The fourth-order valence-electron chi connectivity index (χ4n) is 8.81. The van der Waals surface area contributed by atoms with Crippen LogP contribution >= 0.6 is 35.3 Å². The summed E-state index contributed by atoms with van der Waals surface area (Å²) >= 11 is 9.16. The largest absolute Gasteiger partial charge is 0.369 e. The lowest BCUT2D eigenvalue weighted by Gasteiger charge is -2.39. The van der Waals surface area contributed by atoms with Crippen molar-refractivity contribution in [2.24, 2.45) is 5.41 Å². The van der Waals surface area contributed by atoms with E-state index in [1.54, 1.807) is 21.6 Å². The van der Waals surface area contributed by atoms with E-state index in [-0.39, 0.29) is 11.9 Å². The molecule has 4 aromatic carbocycles. The van der Waals surface area contributed by atoms with Gasteiger partial charge in [0.05, 0.1) is 18.0 Å². The van der Waals surface area contributed by atoms with Crippen LogP contribution in [0.15, 0.2) is 112 Å². The van der Waals surface area contributed by atoms with Crippen molar-refractivity contribution in [3.63, 3.8) is 0 Å². The summed E-state index contributed by atoms with van der Waals surface area (Å²) in [6, 6.07) is 31.9. The minimum Gasteiger partial charge on any atom is -0.369 e. The molecule has 1 aliphatic carbocycles. The number of aryl methyl sites for hydroxylation is 1. The van der Waals surface area contributed by atoms with Gasteiger partial charge in [-0.05, 0) is 133 Å². The molecule has 2 N–H and O–H groups in total. The van der Waals surface area contributed by atoms with Crippen LogP contribution in [0.25, 0.3) is 5.57 Å². The predicted octanol–water partition coefficient (Wildman–Crippen LogP) is 9.09. The number of rotatable bonds is 16. The van der Waals surface area contributed by atoms with Gasteiger partial charge in [0.2, 0.25) is 10.0 Å². The third kappa shape index (κ3) is 12.6. The molecule has 326 valence electrons. The maximum absolute atomic E-state index is 13.6. The van der Waals surface area contributed by atoms with Gasteiger partial charge in [0.1, 0.15) is 0 Å². The SMILES string of the molecule is Cc1cc(SNC(=O)c2ccc(N3CCN(CC4=C(c5ccc(Cl)cc5)CCC(C)(C)C4)CC3)cc2)ccc1N([C@H](CCN1CCNCC1)CSc1ccccc1)S(C)(=O)=O. The Morgan fingerprint density at radius 2 is 1.59 bits per heavy atom. The summed E-state index contributed by atoms with van der Waals surface area (Å²) in [5.74, 6) is 0.459. The van der Waals surface area contributed by atoms with Crippen molar-refractivity contribution in [3.8, 4) is 0 Å². The number of nitrogens with zero attached hydrogens (tertiary/aromatic N) is 4. The third-order valence-electron chi connectivity index (χ3n) is 12.2. The van der Waals surface area contributed by atoms with Gasteiger partial charge in [-0.25, -0.2) is 8.42 Å². The summed E-state index contributed by atoms with van der Waals surface area (Å²) in [6.45, 7) is 16.2. The first-order valence-electron chi connectivity index (χ1n) is 21.5. The van der Waals surface area contributed by atoms with Gasteiger partial charge in [-0.3, -0.25) is 18.7 Å². The molecule has 2 heterocycles. The lowest BCUT2D eigenvalue weighted by molar-refractivity contribution is 0.0984. The van der Waals surface area contributed by atoms with Gasteiger partial charge in [-0.1, -0.05) is 61.4 Å². The number of carbonyl (C=O) groups is 1. The third-order valence-corrected chi connectivity index (χ3v) is 15.6. The summed E-state index contributed by atoms with van der Waals surface area (Å²) in [7, 11) is -3.61. The molecule has 1 atom stereocenters. The molecule has 0 saturated carbocycles. The Bertz CT molecular complexity index is 2220.